The number of halogens is 1. The first-order valence-electron chi connectivity index (χ1n) is 6.76. The highest BCUT2D eigenvalue weighted by atomic mass is 35.5. The van der Waals surface area contributed by atoms with Crippen molar-refractivity contribution in [3.8, 4) is 5.75 Å². The number of hydrogen-bond acceptors (Lipinski definition) is 3. The van der Waals surface area contributed by atoms with Gasteiger partial charge in [0.25, 0.3) is 0 Å². The summed E-state index contributed by atoms with van der Waals surface area (Å²) < 4.78 is 30.4. The van der Waals surface area contributed by atoms with Gasteiger partial charge in [0, 0.05) is 5.88 Å². The molecular weight excluding hydrogens is 312 g/mol. The molecule has 2 unspecified atom stereocenters. The summed E-state index contributed by atoms with van der Waals surface area (Å²) in [6.07, 6.45) is 0.418. The zero-order valence-electron chi connectivity index (χ0n) is 12.9. The molecule has 1 aromatic carbocycles. The van der Waals surface area contributed by atoms with Crippen molar-refractivity contribution in [2.24, 2.45) is 0 Å². The molecule has 0 bridgehead atoms. The van der Waals surface area contributed by atoms with Crippen molar-refractivity contribution in [1.29, 1.82) is 0 Å². The molecular formula is C15H23ClO4S. The fraction of sp³-hybridized carbons (Fsp3) is 0.600. The minimum absolute atomic E-state index is 0.0859. The van der Waals surface area contributed by atoms with Crippen LogP contribution in [-0.2, 0) is 21.0 Å². The third-order valence-electron chi connectivity index (χ3n) is 3.16. The topological polar surface area (TPSA) is 55.8 Å². The summed E-state index contributed by atoms with van der Waals surface area (Å²) in [5.74, 6) is 1.01. The molecule has 21 heavy (non-hydrogen) atoms. The monoisotopic (exact) mass is 334 g/mol. The molecule has 2 atom stereocenters. The molecule has 0 heterocycles. The van der Waals surface area contributed by atoms with Crippen molar-refractivity contribution in [3.05, 3.63) is 29.8 Å². The highest BCUT2D eigenvalue weighted by Gasteiger charge is 2.29. The van der Waals surface area contributed by atoms with Gasteiger partial charge in [-0.3, -0.25) is 8.74 Å². The molecule has 120 valence electrons. The second kappa shape index (κ2) is 7.58. The van der Waals surface area contributed by atoms with Gasteiger partial charge < -0.3 is 4.74 Å². The first-order valence-corrected chi connectivity index (χ1v) is 8.32. The summed E-state index contributed by atoms with van der Waals surface area (Å²) in [5, 5.41) is 0. The van der Waals surface area contributed by atoms with Gasteiger partial charge in [0.1, 0.15) is 18.0 Å². The summed E-state index contributed by atoms with van der Waals surface area (Å²) in [6, 6.07) is 7.80. The minimum Gasteiger partial charge on any atom is -0.491 e. The standard InChI is InChI=1S/C15H23ClO4S/c1-14(2,3)12-5-7-13(8-6-12)19-11-15(4,9-10-16)20-21(17)18/h5-8H,9-11H2,1-4H3,(H,17,18). The van der Waals surface area contributed by atoms with Gasteiger partial charge in [-0.25, -0.2) is 0 Å². The Labute approximate surface area is 134 Å². The Kier molecular flexibility index (Phi) is 6.66. The molecule has 1 rings (SSSR count). The van der Waals surface area contributed by atoms with E-state index >= 15 is 0 Å². The maximum Gasteiger partial charge on any atom is 0.302 e. The predicted octanol–water partition coefficient (Wildman–Crippen LogP) is 3.90. The average Bonchev–Trinajstić information content (AvgIpc) is 2.35. The Morgan fingerprint density at radius 3 is 2.19 bits per heavy atom. The molecule has 6 heteroatoms. The van der Waals surface area contributed by atoms with E-state index in [9.17, 15) is 4.21 Å². The van der Waals surface area contributed by atoms with Gasteiger partial charge in [0.15, 0.2) is 0 Å². The van der Waals surface area contributed by atoms with Gasteiger partial charge in [-0.05, 0) is 36.5 Å². The molecule has 0 aromatic heterocycles. The molecule has 1 aromatic rings. The third-order valence-corrected chi connectivity index (χ3v) is 3.89. The van der Waals surface area contributed by atoms with Crippen molar-refractivity contribution in [2.75, 3.05) is 12.5 Å². The lowest BCUT2D eigenvalue weighted by molar-refractivity contribution is 0.0373. The zero-order chi connectivity index (χ0) is 16.1. The Hall–Kier alpha value is -0.620. The second-order valence-electron chi connectivity index (χ2n) is 6.25. The first kappa shape index (κ1) is 18.4. The van der Waals surface area contributed by atoms with E-state index in [2.05, 4.69) is 20.8 Å². The molecule has 0 amide bonds. The normalized spacial score (nSPS) is 16.3. The van der Waals surface area contributed by atoms with Crippen LogP contribution in [0.1, 0.15) is 39.7 Å². The summed E-state index contributed by atoms with van der Waals surface area (Å²) in [7, 11) is 0. The molecule has 0 fully saturated rings. The largest absolute Gasteiger partial charge is 0.491 e. The SMILES string of the molecule is CC(CCCl)(COc1ccc(C(C)(C)C)cc1)OS(=O)O. The Morgan fingerprint density at radius 2 is 1.76 bits per heavy atom. The molecule has 0 spiro atoms. The highest BCUT2D eigenvalue weighted by Crippen LogP contribution is 2.25. The van der Waals surface area contributed by atoms with E-state index in [0.29, 0.717) is 18.1 Å². The number of alkyl halides is 1. The number of rotatable bonds is 7. The quantitative estimate of drug-likeness (QED) is 0.607. The van der Waals surface area contributed by atoms with E-state index in [4.69, 9.17) is 25.1 Å². The van der Waals surface area contributed by atoms with Crippen LogP contribution in [0.2, 0.25) is 0 Å². The Balaban J connectivity index is 2.70. The van der Waals surface area contributed by atoms with Crippen LogP contribution in [0.15, 0.2) is 24.3 Å². The first-order chi connectivity index (χ1) is 9.66. The van der Waals surface area contributed by atoms with Crippen LogP contribution >= 0.6 is 11.6 Å². The van der Waals surface area contributed by atoms with E-state index in [-0.39, 0.29) is 12.0 Å². The van der Waals surface area contributed by atoms with Gasteiger partial charge >= 0.3 is 11.4 Å². The molecule has 1 N–H and O–H groups in total. The van der Waals surface area contributed by atoms with E-state index < -0.39 is 17.0 Å². The summed E-state index contributed by atoms with van der Waals surface area (Å²) in [6.45, 7) is 8.29. The second-order valence-corrected chi connectivity index (χ2v) is 7.23. The van der Waals surface area contributed by atoms with Crippen LogP contribution in [0.5, 0.6) is 5.75 Å². The third kappa shape index (κ3) is 6.34. The molecule has 0 saturated carbocycles. The smallest absolute Gasteiger partial charge is 0.302 e. The van der Waals surface area contributed by atoms with Crippen LogP contribution in [0, 0.1) is 0 Å². The molecule has 0 aliphatic heterocycles. The molecule has 0 radical (unpaired) electrons. The van der Waals surface area contributed by atoms with Crippen LogP contribution in [0.4, 0.5) is 0 Å². The maximum atomic E-state index is 10.8. The predicted molar refractivity (Wildman–Crippen MR) is 86.2 cm³/mol. The van der Waals surface area contributed by atoms with Crippen LogP contribution in [0.3, 0.4) is 0 Å². The van der Waals surface area contributed by atoms with Gasteiger partial charge in [-0.1, -0.05) is 32.9 Å². The Morgan fingerprint density at radius 1 is 1.19 bits per heavy atom. The summed E-state index contributed by atoms with van der Waals surface area (Å²) >= 11 is 3.36. The van der Waals surface area contributed by atoms with Crippen molar-refractivity contribution >= 4 is 23.0 Å². The van der Waals surface area contributed by atoms with Gasteiger partial charge in [0.2, 0.25) is 0 Å². The van der Waals surface area contributed by atoms with Crippen LogP contribution in [0.25, 0.3) is 0 Å². The van der Waals surface area contributed by atoms with Gasteiger partial charge in [-0.15, -0.1) is 11.6 Å². The lowest BCUT2D eigenvalue weighted by Crippen LogP contribution is -2.37. The van der Waals surface area contributed by atoms with E-state index in [1.165, 1.54) is 5.56 Å². The summed E-state index contributed by atoms with van der Waals surface area (Å²) in [5.41, 5.74) is 0.401. The lowest BCUT2D eigenvalue weighted by atomic mass is 9.87. The average molecular weight is 335 g/mol. The van der Waals surface area contributed by atoms with Gasteiger partial charge in [-0.2, -0.15) is 4.21 Å². The molecule has 0 saturated heterocycles. The number of hydrogen-bond donors (Lipinski definition) is 1. The fourth-order valence-electron chi connectivity index (χ4n) is 1.80. The fourth-order valence-corrected chi connectivity index (χ4v) is 2.67. The summed E-state index contributed by atoms with van der Waals surface area (Å²) in [4.78, 5) is 0. The number of benzene rings is 1. The van der Waals surface area contributed by atoms with Crippen molar-refractivity contribution in [1.82, 2.24) is 0 Å². The zero-order valence-corrected chi connectivity index (χ0v) is 14.5. The van der Waals surface area contributed by atoms with E-state index in [0.717, 1.165) is 0 Å². The molecule has 0 aliphatic rings. The van der Waals surface area contributed by atoms with Crippen molar-refractivity contribution < 1.29 is 17.7 Å². The highest BCUT2D eigenvalue weighted by molar-refractivity contribution is 7.74. The Bertz CT molecular complexity index is 470. The van der Waals surface area contributed by atoms with Crippen LogP contribution < -0.4 is 4.74 Å². The molecule has 0 aliphatic carbocycles. The maximum absolute atomic E-state index is 10.8. The van der Waals surface area contributed by atoms with E-state index in [1.54, 1.807) is 6.92 Å². The van der Waals surface area contributed by atoms with E-state index in [1.807, 2.05) is 24.3 Å². The van der Waals surface area contributed by atoms with Crippen molar-refractivity contribution in [2.45, 2.75) is 45.1 Å². The van der Waals surface area contributed by atoms with Crippen LogP contribution in [-0.4, -0.2) is 26.8 Å². The minimum atomic E-state index is -2.35. The van der Waals surface area contributed by atoms with Gasteiger partial charge in [0.05, 0.1) is 0 Å². The van der Waals surface area contributed by atoms with Crippen molar-refractivity contribution in [3.63, 3.8) is 0 Å². The molecule has 4 nitrogen and oxygen atoms in total. The number of ether oxygens (including phenoxy) is 1. The lowest BCUT2D eigenvalue weighted by Gasteiger charge is -2.26.